The largest absolute Gasteiger partial charge is 0.478 e. The second-order valence-electron chi connectivity index (χ2n) is 9.29. The number of rotatable bonds is 10. The summed E-state index contributed by atoms with van der Waals surface area (Å²) in [6, 6.07) is 12.7. The standard InChI is InChI=1S/C30H22ClF4N3O4/c1-41-8-7-38-27-11-16(30(39)40)5-6-26(27)36-28(38)12-17-9-23(34)19(13-21(17)32)25-3-2-4-29(37-25)42-15-18-10-24(35)20(31)14-22(18)33/h2-6,9-11,13-14H,7-8,12,15H2,1H3,(H,39,40). The molecule has 0 unspecified atom stereocenters. The van der Waals surface area contributed by atoms with Crippen LogP contribution in [0.25, 0.3) is 22.3 Å². The molecule has 2 aromatic heterocycles. The number of fused-ring (bicyclic) bond motifs is 1. The summed E-state index contributed by atoms with van der Waals surface area (Å²) < 4.78 is 70.8. The van der Waals surface area contributed by atoms with Crippen molar-refractivity contribution in [1.29, 1.82) is 0 Å². The topological polar surface area (TPSA) is 86.5 Å². The number of benzene rings is 3. The van der Waals surface area contributed by atoms with Gasteiger partial charge in [-0.05, 0) is 54.1 Å². The first-order chi connectivity index (χ1) is 20.1. The van der Waals surface area contributed by atoms with Crippen molar-refractivity contribution in [2.75, 3.05) is 13.7 Å². The lowest BCUT2D eigenvalue weighted by atomic mass is 10.0. The van der Waals surface area contributed by atoms with Gasteiger partial charge in [0.05, 0.1) is 33.9 Å². The van der Waals surface area contributed by atoms with Crippen molar-refractivity contribution < 1.29 is 36.9 Å². The van der Waals surface area contributed by atoms with E-state index in [2.05, 4.69) is 9.97 Å². The minimum absolute atomic E-state index is 0.0151. The highest BCUT2D eigenvalue weighted by Gasteiger charge is 2.19. The molecule has 1 N–H and O–H groups in total. The van der Waals surface area contributed by atoms with E-state index in [9.17, 15) is 18.7 Å². The van der Waals surface area contributed by atoms with Gasteiger partial charge in [0.15, 0.2) is 0 Å². The van der Waals surface area contributed by atoms with E-state index >= 15 is 8.78 Å². The minimum Gasteiger partial charge on any atom is -0.478 e. The zero-order chi connectivity index (χ0) is 30.0. The van der Waals surface area contributed by atoms with Crippen molar-refractivity contribution in [3.63, 3.8) is 0 Å². The lowest BCUT2D eigenvalue weighted by Crippen LogP contribution is -2.10. The highest BCUT2D eigenvalue weighted by atomic mass is 35.5. The molecule has 0 saturated carbocycles. The molecule has 12 heteroatoms. The molecule has 0 amide bonds. The molecule has 216 valence electrons. The van der Waals surface area contributed by atoms with Crippen LogP contribution in [-0.4, -0.2) is 39.3 Å². The Kier molecular flexibility index (Phi) is 8.41. The van der Waals surface area contributed by atoms with Crippen LogP contribution in [0.5, 0.6) is 5.88 Å². The molecule has 5 aromatic rings. The number of nitrogens with zero attached hydrogens (tertiary/aromatic N) is 3. The molecule has 0 aliphatic carbocycles. The number of halogens is 5. The first-order valence-corrected chi connectivity index (χ1v) is 13.0. The maximum Gasteiger partial charge on any atom is 0.335 e. The van der Waals surface area contributed by atoms with Crippen LogP contribution in [0.4, 0.5) is 17.6 Å². The second-order valence-corrected chi connectivity index (χ2v) is 9.70. The minimum atomic E-state index is -1.10. The number of imidazole rings is 1. The molecule has 0 bridgehead atoms. The quantitative estimate of drug-likeness (QED) is 0.140. The predicted octanol–water partition coefficient (Wildman–Crippen LogP) is 6.82. The molecule has 2 heterocycles. The smallest absolute Gasteiger partial charge is 0.335 e. The number of pyridine rings is 1. The van der Waals surface area contributed by atoms with E-state index < -0.39 is 29.2 Å². The van der Waals surface area contributed by atoms with Crippen molar-refractivity contribution in [1.82, 2.24) is 14.5 Å². The van der Waals surface area contributed by atoms with Crippen LogP contribution in [0.1, 0.15) is 27.3 Å². The number of aromatic nitrogens is 3. The van der Waals surface area contributed by atoms with Crippen LogP contribution in [0.2, 0.25) is 5.02 Å². The first-order valence-electron chi connectivity index (χ1n) is 12.6. The Morgan fingerprint density at radius 3 is 2.45 bits per heavy atom. The highest BCUT2D eigenvalue weighted by Crippen LogP contribution is 2.29. The molecular formula is C30H22ClF4N3O4. The Bertz CT molecular complexity index is 1810. The van der Waals surface area contributed by atoms with Gasteiger partial charge in [0, 0.05) is 37.3 Å². The monoisotopic (exact) mass is 599 g/mol. The van der Waals surface area contributed by atoms with Gasteiger partial charge in [0.2, 0.25) is 5.88 Å². The Morgan fingerprint density at radius 1 is 0.929 bits per heavy atom. The molecular weight excluding hydrogens is 578 g/mol. The van der Waals surface area contributed by atoms with Crippen molar-refractivity contribution in [3.8, 4) is 17.1 Å². The van der Waals surface area contributed by atoms with E-state index in [0.717, 1.165) is 24.3 Å². The van der Waals surface area contributed by atoms with Gasteiger partial charge >= 0.3 is 5.97 Å². The third kappa shape index (κ3) is 6.07. The lowest BCUT2D eigenvalue weighted by Gasteiger charge is -2.12. The molecule has 0 saturated heterocycles. The summed E-state index contributed by atoms with van der Waals surface area (Å²) in [7, 11) is 1.51. The number of carbonyl (C=O) groups is 1. The zero-order valence-corrected chi connectivity index (χ0v) is 22.8. The van der Waals surface area contributed by atoms with Gasteiger partial charge in [-0.2, -0.15) is 0 Å². The number of aromatic carboxylic acids is 1. The third-order valence-corrected chi connectivity index (χ3v) is 6.83. The number of carboxylic acids is 1. The van der Waals surface area contributed by atoms with Gasteiger partial charge in [-0.3, -0.25) is 0 Å². The maximum absolute atomic E-state index is 15.3. The average molecular weight is 600 g/mol. The molecule has 0 radical (unpaired) electrons. The number of hydrogen-bond donors (Lipinski definition) is 1. The zero-order valence-electron chi connectivity index (χ0n) is 22.0. The van der Waals surface area contributed by atoms with E-state index in [0.29, 0.717) is 23.4 Å². The fourth-order valence-corrected chi connectivity index (χ4v) is 4.58. The summed E-state index contributed by atoms with van der Waals surface area (Å²) in [5, 5.41) is 9.01. The number of hydrogen-bond acceptors (Lipinski definition) is 5. The molecule has 3 aromatic carbocycles. The third-order valence-electron chi connectivity index (χ3n) is 6.54. The van der Waals surface area contributed by atoms with Gasteiger partial charge in [-0.1, -0.05) is 17.7 Å². The molecule has 0 aliphatic heterocycles. The SMILES string of the molecule is COCCn1c(Cc2cc(F)c(-c3cccc(OCc4cc(F)c(Cl)cc4F)n3)cc2F)nc2ccc(C(=O)O)cc21. The van der Waals surface area contributed by atoms with Gasteiger partial charge in [-0.15, -0.1) is 0 Å². The number of methoxy groups -OCH3 is 1. The van der Waals surface area contributed by atoms with E-state index in [1.807, 2.05) is 0 Å². The number of carboxylic acid groups (broad SMARTS) is 1. The molecule has 0 spiro atoms. The Hall–Kier alpha value is -4.48. The van der Waals surface area contributed by atoms with E-state index in [1.165, 1.54) is 37.4 Å². The van der Waals surface area contributed by atoms with Crippen LogP contribution in [-0.2, 0) is 24.3 Å². The molecule has 5 rings (SSSR count). The fraction of sp³-hybridized carbons (Fsp3) is 0.167. The predicted molar refractivity (Wildman–Crippen MR) is 147 cm³/mol. The molecule has 0 fully saturated rings. The van der Waals surface area contributed by atoms with Crippen LogP contribution < -0.4 is 4.74 Å². The number of ether oxygens (including phenoxy) is 2. The fourth-order valence-electron chi connectivity index (χ4n) is 4.43. The highest BCUT2D eigenvalue weighted by molar-refractivity contribution is 6.30. The van der Waals surface area contributed by atoms with Crippen LogP contribution in [0.15, 0.2) is 60.7 Å². The van der Waals surface area contributed by atoms with Gasteiger partial charge < -0.3 is 19.1 Å². The Balaban J connectivity index is 1.41. The first kappa shape index (κ1) is 29.0. The molecule has 42 heavy (non-hydrogen) atoms. The van der Waals surface area contributed by atoms with E-state index in [4.69, 9.17) is 21.1 Å². The normalized spacial score (nSPS) is 11.3. The van der Waals surface area contributed by atoms with Crippen LogP contribution in [0, 0.1) is 23.3 Å². The summed E-state index contributed by atoms with van der Waals surface area (Å²) in [5.41, 5.74) is 0.958. The summed E-state index contributed by atoms with van der Waals surface area (Å²) in [4.78, 5) is 20.2. The van der Waals surface area contributed by atoms with Crippen molar-refractivity contribution in [2.45, 2.75) is 19.6 Å². The molecule has 7 nitrogen and oxygen atoms in total. The Morgan fingerprint density at radius 2 is 1.69 bits per heavy atom. The summed E-state index contributed by atoms with van der Waals surface area (Å²) >= 11 is 5.57. The van der Waals surface area contributed by atoms with Crippen molar-refractivity contribution in [3.05, 3.63) is 111 Å². The van der Waals surface area contributed by atoms with E-state index in [-0.39, 0.29) is 58.5 Å². The van der Waals surface area contributed by atoms with Crippen molar-refractivity contribution in [2.24, 2.45) is 0 Å². The maximum atomic E-state index is 15.3. The van der Waals surface area contributed by atoms with Gasteiger partial charge in [-0.25, -0.2) is 32.3 Å². The lowest BCUT2D eigenvalue weighted by molar-refractivity contribution is 0.0697. The molecule has 0 atom stereocenters. The summed E-state index contributed by atoms with van der Waals surface area (Å²) in [5.74, 6) is -3.76. The van der Waals surface area contributed by atoms with Crippen molar-refractivity contribution >= 4 is 28.6 Å². The summed E-state index contributed by atoms with van der Waals surface area (Å²) in [6.45, 7) is 0.232. The van der Waals surface area contributed by atoms with Gasteiger partial charge in [0.1, 0.15) is 35.7 Å². The molecule has 0 aliphatic rings. The second kappa shape index (κ2) is 12.2. The van der Waals surface area contributed by atoms with Crippen LogP contribution in [0.3, 0.4) is 0 Å². The average Bonchev–Trinajstić information content (AvgIpc) is 3.30. The van der Waals surface area contributed by atoms with E-state index in [1.54, 1.807) is 10.6 Å². The van der Waals surface area contributed by atoms with Gasteiger partial charge in [0.25, 0.3) is 0 Å². The Labute approximate surface area is 241 Å². The van der Waals surface area contributed by atoms with Crippen LogP contribution >= 0.6 is 11.6 Å². The summed E-state index contributed by atoms with van der Waals surface area (Å²) in [6.07, 6.45) is -0.0797.